The number of aliphatic hydroxyl groups is 1. The van der Waals surface area contributed by atoms with E-state index in [0.717, 1.165) is 5.56 Å². The van der Waals surface area contributed by atoms with Crippen molar-refractivity contribution in [3.8, 4) is 11.8 Å². The number of sulfonamides is 1. The van der Waals surface area contributed by atoms with E-state index >= 15 is 0 Å². The van der Waals surface area contributed by atoms with Gasteiger partial charge in [0, 0.05) is 11.6 Å². The maximum Gasteiger partial charge on any atom is 0.242 e. The van der Waals surface area contributed by atoms with Gasteiger partial charge >= 0.3 is 0 Å². The van der Waals surface area contributed by atoms with Crippen LogP contribution in [-0.2, 0) is 10.0 Å². The van der Waals surface area contributed by atoms with Crippen LogP contribution in [0.1, 0.15) is 38.8 Å². The zero-order valence-electron chi connectivity index (χ0n) is 13.2. The lowest BCUT2D eigenvalue weighted by Gasteiger charge is -2.28. The van der Waals surface area contributed by atoms with E-state index in [0.29, 0.717) is 5.56 Å². The van der Waals surface area contributed by atoms with Crippen molar-refractivity contribution in [2.45, 2.75) is 45.6 Å². The van der Waals surface area contributed by atoms with Crippen molar-refractivity contribution in [2.75, 3.05) is 6.61 Å². The van der Waals surface area contributed by atoms with Gasteiger partial charge in [-0.25, -0.2) is 13.1 Å². The van der Waals surface area contributed by atoms with Crippen LogP contribution in [0, 0.1) is 24.2 Å². The molecule has 1 unspecified atom stereocenters. The van der Waals surface area contributed by atoms with Crippen LogP contribution in [-0.4, -0.2) is 26.2 Å². The lowest BCUT2D eigenvalue weighted by molar-refractivity contribution is 0.317. The van der Waals surface area contributed by atoms with E-state index in [-0.39, 0.29) is 23.0 Å². The number of benzene rings is 1. The average Bonchev–Trinajstić information content (AvgIpc) is 2.34. The van der Waals surface area contributed by atoms with Gasteiger partial charge < -0.3 is 5.11 Å². The molecule has 0 amide bonds. The predicted octanol–water partition coefficient (Wildman–Crippen LogP) is 2.05. The van der Waals surface area contributed by atoms with E-state index in [9.17, 15) is 8.42 Å². The highest BCUT2D eigenvalue weighted by molar-refractivity contribution is 7.89. The Morgan fingerprint density at radius 1 is 1.33 bits per heavy atom. The van der Waals surface area contributed by atoms with Crippen molar-refractivity contribution in [1.29, 1.82) is 0 Å². The fraction of sp³-hybridized carbons (Fsp3) is 0.500. The van der Waals surface area contributed by atoms with Crippen molar-refractivity contribution in [3.63, 3.8) is 0 Å². The van der Waals surface area contributed by atoms with E-state index in [4.69, 9.17) is 5.11 Å². The minimum Gasteiger partial charge on any atom is -0.384 e. The van der Waals surface area contributed by atoms with E-state index in [1.807, 2.05) is 34.6 Å². The molecule has 0 saturated carbocycles. The molecule has 1 aromatic rings. The van der Waals surface area contributed by atoms with Gasteiger partial charge in [-0.15, -0.1) is 0 Å². The van der Waals surface area contributed by atoms with Gasteiger partial charge in [-0.3, -0.25) is 0 Å². The summed E-state index contributed by atoms with van der Waals surface area (Å²) >= 11 is 0. The molecule has 1 aromatic carbocycles. The van der Waals surface area contributed by atoms with Crippen molar-refractivity contribution in [1.82, 2.24) is 4.72 Å². The molecule has 0 aliphatic rings. The van der Waals surface area contributed by atoms with Gasteiger partial charge in [0.2, 0.25) is 10.0 Å². The molecule has 21 heavy (non-hydrogen) atoms. The van der Waals surface area contributed by atoms with Crippen LogP contribution in [0.5, 0.6) is 0 Å². The Labute approximate surface area is 127 Å². The number of hydrogen-bond donors (Lipinski definition) is 2. The third kappa shape index (κ3) is 4.85. The Hall–Kier alpha value is -1.35. The second-order valence-electron chi connectivity index (χ2n) is 6.17. The van der Waals surface area contributed by atoms with E-state index in [2.05, 4.69) is 16.6 Å². The summed E-state index contributed by atoms with van der Waals surface area (Å²) in [6.45, 7) is 9.32. The first kappa shape index (κ1) is 17.7. The fourth-order valence-electron chi connectivity index (χ4n) is 1.58. The molecule has 0 aliphatic heterocycles. The van der Waals surface area contributed by atoms with Gasteiger partial charge in [-0.2, -0.15) is 0 Å². The summed E-state index contributed by atoms with van der Waals surface area (Å²) in [7, 11) is -3.65. The third-order valence-corrected chi connectivity index (χ3v) is 4.96. The zero-order chi connectivity index (χ0) is 16.3. The van der Waals surface area contributed by atoms with Crippen LogP contribution in [0.3, 0.4) is 0 Å². The monoisotopic (exact) mass is 309 g/mol. The zero-order valence-corrected chi connectivity index (χ0v) is 14.0. The number of aliphatic hydroxyl groups excluding tert-OH is 1. The molecule has 1 atom stereocenters. The minimum atomic E-state index is -3.65. The highest BCUT2D eigenvalue weighted by Crippen LogP contribution is 2.22. The van der Waals surface area contributed by atoms with E-state index in [1.165, 1.54) is 0 Å². The highest BCUT2D eigenvalue weighted by Gasteiger charge is 2.27. The Balaban J connectivity index is 3.26. The van der Waals surface area contributed by atoms with Gasteiger partial charge in [-0.05, 0) is 37.0 Å². The van der Waals surface area contributed by atoms with Crippen LogP contribution in [0.25, 0.3) is 0 Å². The first-order chi connectivity index (χ1) is 9.58. The maximum atomic E-state index is 12.5. The van der Waals surface area contributed by atoms with Crippen LogP contribution in [0.4, 0.5) is 0 Å². The Morgan fingerprint density at radius 3 is 2.48 bits per heavy atom. The van der Waals surface area contributed by atoms with E-state index < -0.39 is 10.0 Å². The second kappa shape index (κ2) is 6.61. The lowest BCUT2D eigenvalue weighted by Crippen LogP contribution is -2.41. The third-order valence-electron chi connectivity index (χ3n) is 3.36. The van der Waals surface area contributed by atoms with Crippen molar-refractivity contribution in [3.05, 3.63) is 29.3 Å². The van der Waals surface area contributed by atoms with Crippen LogP contribution >= 0.6 is 0 Å². The largest absolute Gasteiger partial charge is 0.384 e. The topological polar surface area (TPSA) is 66.4 Å². The van der Waals surface area contributed by atoms with Crippen molar-refractivity contribution < 1.29 is 13.5 Å². The van der Waals surface area contributed by atoms with Gasteiger partial charge in [0.1, 0.15) is 6.61 Å². The standard InChI is InChI=1S/C16H23NO3S/c1-12-8-9-15(14(11-12)7-6-10-18)21(19,20)17-13(2)16(3,4)5/h8-9,11,13,17-18H,10H2,1-5H3. The molecule has 0 bridgehead atoms. The molecule has 4 nitrogen and oxygen atoms in total. The van der Waals surface area contributed by atoms with Crippen LogP contribution in [0.2, 0.25) is 0 Å². The molecule has 0 heterocycles. The normalized spacial score (nSPS) is 13.4. The molecule has 0 aliphatic carbocycles. The summed E-state index contributed by atoms with van der Waals surface area (Å²) in [5.74, 6) is 5.20. The quantitative estimate of drug-likeness (QED) is 0.840. The summed E-state index contributed by atoms with van der Waals surface area (Å²) in [4.78, 5) is 0.144. The first-order valence-electron chi connectivity index (χ1n) is 6.80. The van der Waals surface area contributed by atoms with Crippen LogP contribution < -0.4 is 4.72 Å². The van der Waals surface area contributed by atoms with Gasteiger partial charge in [0.05, 0.1) is 4.90 Å². The van der Waals surface area contributed by atoms with E-state index in [1.54, 1.807) is 18.2 Å². The summed E-state index contributed by atoms with van der Waals surface area (Å²) in [5, 5.41) is 8.80. The Kier molecular flexibility index (Phi) is 5.57. The molecule has 5 heteroatoms. The maximum absolute atomic E-state index is 12.5. The van der Waals surface area contributed by atoms with Crippen LogP contribution in [0.15, 0.2) is 23.1 Å². The molecule has 1 rings (SSSR count). The number of hydrogen-bond acceptors (Lipinski definition) is 3. The first-order valence-corrected chi connectivity index (χ1v) is 8.29. The molecular weight excluding hydrogens is 286 g/mol. The summed E-state index contributed by atoms with van der Waals surface area (Å²) in [6.07, 6.45) is 0. The smallest absolute Gasteiger partial charge is 0.242 e. The summed E-state index contributed by atoms with van der Waals surface area (Å²) in [6, 6.07) is 4.77. The Bertz CT molecular complexity index is 661. The molecule has 2 N–H and O–H groups in total. The average molecular weight is 309 g/mol. The second-order valence-corrected chi connectivity index (χ2v) is 7.85. The SMILES string of the molecule is Cc1ccc(S(=O)(=O)NC(C)C(C)(C)C)c(C#CCO)c1. The van der Waals surface area contributed by atoms with Gasteiger partial charge in [-0.1, -0.05) is 38.7 Å². The highest BCUT2D eigenvalue weighted by atomic mass is 32.2. The molecule has 116 valence electrons. The summed E-state index contributed by atoms with van der Waals surface area (Å²) < 4.78 is 27.8. The van der Waals surface area contributed by atoms with Gasteiger partial charge in [0.15, 0.2) is 0 Å². The molecule has 0 fully saturated rings. The number of nitrogens with one attached hydrogen (secondary N) is 1. The number of rotatable bonds is 3. The number of aryl methyl sites for hydroxylation is 1. The molecule has 0 spiro atoms. The molecule has 0 aromatic heterocycles. The van der Waals surface area contributed by atoms with Crippen molar-refractivity contribution in [2.24, 2.45) is 5.41 Å². The van der Waals surface area contributed by atoms with Crippen molar-refractivity contribution >= 4 is 10.0 Å². The summed E-state index contributed by atoms with van der Waals surface area (Å²) in [5.41, 5.74) is 1.13. The molecular formula is C16H23NO3S. The minimum absolute atomic E-state index is 0.144. The molecule has 0 saturated heterocycles. The lowest BCUT2D eigenvalue weighted by atomic mass is 9.89. The Morgan fingerprint density at radius 2 is 1.95 bits per heavy atom. The van der Waals surface area contributed by atoms with Gasteiger partial charge in [0.25, 0.3) is 0 Å². The fourth-order valence-corrected chi connectivity index (χ4v) is 3.18. The molecule has 0 radical (unpaired) electrons. The predicted molar refractivity (Wildman–Crippen MR) is 84.4 cm³/mol.